The molecule has 0 unspecified atom stereocenters. The molecule has 0 radical (unpaired) electrons. The summed E-state index contributed by atoms with van der Waals surface area (Å²) in [5.41, 5.74) is 0.972. The van der Waals surface area contributed by atoms with E-state index in [0.29, 0.717) is 17.5 Å². The van der Waals surface area contributed by atoms with Crippen LogP contribution >= 0.6 is 11.6 Å². The molecule has 36 heavy (non-hydrogen) atoms. The summed E-state index contributed by atoms with van der Waals surface area (Å²) in [5, 5.41) is 9.65. The van der Waals surface area contributed by atoms with E-state index in [9.17, 15) is 9.59 Å². The molecule has 202 valence electrons. The van der Waals surface area contributed by atoms with Crippen molar-refractivity contribution in [1.29, 1.82) is 0 Å². The first-order valence-corrected chi connectivity index (χ1v) is 13.8. The van der Waals surface area contributed by atoms with Crippen LogP contribution in [0.5, 0.6) is 0 Å². The van der Waals surface area contributed by atoms with Crippen molar-refractivity contribution in [1.82, 2.24) is 20.9 Å². The number of nitrogens with one attached hydrogen (secondary N) is 3. The monoisotopic (exact) mass is 522 g/mol. The normalized spacial score (nSPS) is 20.4. The third-order valence-electron chi connectivity index (χ3n) is 7.29. The number of amides is 3. The van der Waals surface area contributed by atoms with Gasteiger partial charge in [0.25, 0.3) is 0 Å². The Kier molecular flexibility index (Phi) is 12.1. The lowest BCUT2D eigenvalue weighted by atomic mass is 9.85. The first-order valence-electron chi connectivity index (χ1n) is 13.4. The summed E-state index contributed by atoms with van der Waals surface area (Å²) in [6.45, 7) is 2.54. The van der Waals surface area contributed by atoms with Crippen LogP contribution in [0.2, 0.25) is 5.02 Å². The highest BCUT2D eigenvalue weighted by molar-refractivity contribution is 6.30. The molecule has 1 aromatic rings. The third kappa shape index (κ3) is 9.12. The maximum absolute atomic E-state index is 13.3. The highest BCUT2D eigenvalue weighted by atomic mass is 35.5. The minimum Gasteiger partial charge on any atom is -0.447 e. The molecule has 1 aliphatic heterocycles. The summed E-state index contributed by atoms with van der Waals surface area (Å²) < 4.78 is 11.3. The van der Waals surface area contributed by atoms with Gasteiger partial charge in [0.15, 0.2) is 0 Å². The van der Waals surface area contributed by atoms with Gasteiger partial charge in [0.1, 0.15) is 6.61 Å². The number of likely N-dealkylation sites (tertiary alicyclic amines) is 1. The molecule has 1 saturated heterocycles. The number of urea groups is 1. The molecule has 8 nitrogen and oxygen atoms in total. The molecule has 2 aliphatic rings. The fraction of sp³-hybridized carbons (Fsp3) is 0.704. The number of nitrogens with zero attached hydrogens (tertiary/aromatic N) is 1. The topological polar surface area (TPSA) is 91.9 Å². The second kappa shape index (κ2) is 15.3. The number of likely N-dealkylation sites (N-methyl/N-ethyl adjacent to an activating group) is 1. The molecule has 1 aliphatic carbocycles. The number of hydrogen-bond acceptors (Lipinski definition) is 5. The van der Waals surface area contributed by atoms with Crippen LogP contribution in [-0.4, -0.2) is 70.0 Å². The van der Waals surface area contributed by atoms with E-state index in [0.717, 1.165) is 37.9 Å². The number of hydrogen-bond donors (Lipinski definition) is 3. The average Bonchev–Trinajstić information content (AvgIpc) is 2.89. The summed E-state index contributed by atoms with van der Waals surface area (Å²) in [4.78, 5) is 26.6. The van der Waals surface area contributed by atoms with E-state index in [1.165, 1.54) is 39.2 Å². The van der Waals surface area contributed by atoms with Gasteiger partial charge in [0.05, 0.1) is 12.7 Å². The number of halogens is 1. The highest BCUT2D eigenvalue weighted by Gasteiger charge is 2.32. The van der Waals surface area contributed by atoms with Crippen LogP contribution < -0.4 is 16.0 Å². The minimum atomic E-state index is -0.484. The maximum atomic E-state index is 13.3. The van der Waals surface area contributed by atoms with E-state index in [1.807, 2.05) is 36.2 Å². The molecular weight excluding hydrogens is 480 g/mol. The summed E-state index contributed by atoms with van der Waals surface area (Å²) in [6, 6.07) is 7.80. The molecule has 1 saturated carbocycles. The molecule has 1 heterocycles. The van der Waals surface area contributed by atoms with Crippen LogP contribution in [-0.2, 0) is 9.47 Å². The largest absolute Gasteiger partial charge is 0.447 e. The maximum Gasteiger partial charge on any atom is 0.406 e. The number of rotatable bonds is 11. The number of ether oxygens (including phenoxy) is 2. The Morgan fingerprint density at radius 3 is 2.64 bits per heavy atom. The van der Waals surface area contributed by atoms with Gasteiger partial charge in [-0.15, -0.1) is 0 Å². The van der Waals surface area contributed by atoms with Crippen LogP contribution in [0, 0.1) is 11.8 Å². The Balaban J connectivity index is 1.62. The van der Waals surface area contributed by atoms with Gasteiger partial charge >= 0.3 is 12.1 Å². The van der Waals surface area contributed by atoms with Crippen LogP contribution in [0.4, 0.5) is 9.59 Å². The number of carbonyl (C=O) groups excluding carboxylic acids is 2. The smallest absolute Gasteiger partial charge is 0.406 e. The van der Waals surface area contributed by atoms with Crippen molar-refractivity contribution in [2.45, 2.75) is 63.5 Å². The predicted molar refractivity (Wildman–Crippen MR) is 142 cm³/mol. The summed E-state index contributed by atoms with van der Waals surface area (Å²) in [5.74, 6) is 0.813. The molecule has 0 bridgehead atoms. The Morgan fingerprint density at radius 2 is 1.92 bits per heavy atom. The second-order valence-corrected chi connectivity index (χ2v) is 10.5. The molecule has 3 rings (SSSR count). The van der Waals surface area contributed by atoms with Gasteiger partial charge in [-0.3, -0.25) is 0 Å². The lowest BCUT2D eigenvalue weighted by molar-refractivity contribution is -0.0263. The number of benzene rings is 1. The van der Waals surface area contributed by atoms with E-state index < -0.39 is 6.09 Å². The molecule has 3 N–H and O–H groups in total. The molecule has 0 spiro atoms. The molecular formula is C27H43ClN4O4. The van der Waals surface area contributed by atoms with Gasteiger partial charge in [0, 0.05) is 43.7 Å². The van der Waals surface area contributed by atoms with Gasteiger partial charge in [-0.2, -0.15) is 0 Å². The zero-order valence-electron chi connectivity index (χ0n) is 21.8. The Hall–Kier alpha value is -2.03. The van der Waals surface area contributed by atoms with Crippen molar-refractivity contribution in [2.75, 3.05) is 46.9 Å². The lowest BCUT2D eigenvalue weighted by Crippen LogP contribution is -2.52. The van der Waals surface area contributed by atoms with Gasteiger partial charge in [0.2, 0.25) is 0 Å². The van der Waals surface area contributed by atoms with Crippen molar-refractivity contribution < 1.29 is 19.1 Å². The minimum absolute atomic E-state index is 0.00329. The Morgan fingerprint density at radius 1 is 1.11 bits per heavy atom. The Bertz CT molecular complexity index is 821. The molecule has 3 amide bonds. The summed E-state index contributed by atoms with van der Waals surface area (Å²) in [7, 11) is 3.47. The number of carbonyl (C=O) groups is 2. The summed E-state index contributed by atoms with van der Waals surface area (Å²) >= 11 is 6.28. The number of piperidine rings is 1. The molecule has 0 aromatic heterocycles. The zero-order chi connectivity index (χ0) is 25.8. The van der Waals surface area contributed by atoms with Gasteiger partial charge in [-0.05, 0) is 49.9 Å². The van der Waals surface area contributed by atoms with Crippen molar-refractivity contribution in [3.05, 3.63) is 34.9 Å². The van der Waals surface area contributed by atoms with Crippen molar-refractivity contribution in [3.8, 4) is 0 Å². The standard InChI is InChI=1S/C27H43ClN4O4/c1-29-18-24(16-20-8-4-3-5-9-20)31-26(33)32-13-7-11-22(19-32)25(21-10-6-12-23(28)17-21)35-14-15-36-27(34)30-2/h6,10,12,17,20,22,24-25,29H,3-5,7-9,11,13-16,18-19H2,1-2H3,(H,30,34)(H,31,33)/t22-,24+,25+/m1/s1. The van der Waals surface area contributed by atoms with Crippen molar-refractivity contribution in [2.24, 2.45) is 11.8 Å². The van der Waals surface area contributed by atoms with E-state index in [-0.39, 0.29) is 37.3 Å². The van der Waals surface area contributed by atoms with E-state index in [4.69, 9.17) is 21.1 Å². The molecule has 3 atom stereocenters. The second-order valence-electron chi connectivity index (χ2n) is 10.0. The van der Waals surface area contributed by atoms with Crippen LogP contribution in [0.3, 0.4) is 0 Å². The fourth-order valence-corrected chi connectivity index (χ4v) is 5.74. The lowest BCUT2D eigenvalue weighted by Gasteiger charge is -2.38. The van der Waals surface area contributed by atoms with E-state index in [2.05, 4.69) is 16.0 Å². The Labute approximate surface area is 220 Å². The van der Waals surface area contributed by atoms with Crippen LogP contribution in [0.25, 0.3) is 0 Å². The third-order valence-corrected chi connectivity index (χ3v) is 7.52. The quantitative estimate of drug-likeness (QED) is 0.365. The van der Waals surface area contributed by atoms with Crippen LogP contribution in [0.15, 0.2) is 24.3 Å². The highest BCUT2D eigenvalue weighted by Crippen LogP contribution is 2.34. The van der Waals surface area contributed by atoms with Gasteiger partial charge < -0.3 is 30.3 Å². The average molecular weight is 523 g/mol. The molecule has 2 fully saturated rings. The van der Waals surface area contributed by atoms with Crippen molar-refractivity contribution in [3.63, 3.8) is 0 Å². The zero-order valence-corrected chi connectivity index (χ0v) is 22.5. The van der Waals surface area contributed by atoms with E-state index >= 15 is 0 Å². The van der Waals surface area contributed by atoms with E-state index in [1.54, 1.807) is 0 Å². The summed E-state index contributed by atoms with van der Waals surface area (Å²) in [6.07, 6.45) is 8.63. The van der Waals surface area contributed by atoms with Gasteiger partial charge in [-0.25, -0.2) is 9.59 Å². The van der Waals surface area contributed by atoms with Gasteiger partial charge in [-0.1, -0.05) is 55.8 Å². The molecule has 1 aromatic carbocycles. The fourth-order valence-electron chi connectivity index (χ4n) is 5.54. The number of alkyl carbamates (subject to hydrolysis) is 1. The SMILES string of the molecule is CNC[C@H](CC1CCCCC1)NC(=O)N1CCC[C@@H]([C@@H](OCCOC(=O)NC)c2cccc(Cl)c2)C1. The van der Waals surface area contributed by atoms with Crippen LogP contribution in [0.1, 0.15) is 63.0 Å². The van der Waals surface area contributed by atoms with Crippen molar-refractivity contribution >= 4 is 23.7 Å². The molecule has 9 heteroatoms. The predicted octanol–water partition coefficient (Wildman–Crippen LogP) is 4.73. The first-order chi connectivity index (χ1) is 17.5. The first kappa shape index (κ1) is 28.5.